The first-order valence-corrected chi connectivity index (χ1v) is 9.87. The van der Waals surface area contributed by atoms with Gasteiger partial charge in [-0.05, 0) is 44.4 Å². The molecule has 0 bridgehead atoms. The normalized spacial score (nSPS) is 26.4. The molecule has 1 atom stereocenters. The molecule has 0 spiro atoms. The molecule has 1 aromatic rings. The van der Waals surface area contributed by atoms with Crippen LogP contribution in [0, 0.1) is 5.92 Å². The zero-order chi connectivity index (χ0) is 18.3. The summed E-state index contributed by atoms with van der Waals surface area (Å²) in [6, 6.07) is 8.82. The molecule has 1 unspecified atom stereocenters. The van der Waals surface area contributed by atoms with Gasteiger partial charge in [-0.1, -0.05) is 12.1 Å². The molecule has 2 aliphatic heterocycles. The lowest BCUT2D eigenvalue weighted by Gasteiger charge is -2.55. The van der Waals surface area contributed by atoms with E-state index in [1.807, 2.05) is 12.1 Å². The fraction of sp³-hybridized carbons (Fsp3) is 0.667. The summed E-state index contributed by atoms with van der Waals surface area (Å²) >= 11 is 0. The van der Waals surface area contributed by atoms with Crippen molar-refractivity contribution in [1.29, 1.82) is 0 Å². The quantitative estimate of drug-likeness (QED) is 0.828. The predicted octanol–water partition coefficient (Wildman–Crippen LogP) is 2.21. The molecule has 0 radical (unpaired) electrons. The van der Waals surface area contributed by atoms with E-state index in [1.165, 1.54) is 5.56 Å². The molecule has 0 N–H and O–H groups in total. The van der Waals surface area contributed by atoms with Gasteiger partial charge in [-0.2, -0.15) is 0 Å². The fourth-order valence-electron chi connectivity index (χ4n) is 4.71. The van der Waals surface area contributed by atoms with E-state index in [2.05, 4.69) is 40.7 Å². The molecule has 2 saturated heterocycles. The van der Waals surface area contributed by atoms with Gasteiger partial charge < -0.3 is 9.64 Å². The molecule has 2 heterocycles. The molecule has 5 nitrogen and oxygen atoms in total. The van der Waals surface area contributed by atoms with Crippen LogP contribution in [0.15, 0.2) is 24.3 Å². The van der Waals surface area contributed by atoms with Crippen LogP contribution in [-0.4, -0.2) is 72.0 Å². The molecular formula is C21H31N3O2. The zero-order valence-corrected chi connectivity index (χ0v) is 16.3. The number of methoxy groups -OCH3 is 1. The van der Waals surface area contributed by atoms with Gasteiger partial charge in [0.1, 0.15) is 5.75 Å². The second-order valence-corrected chi connectivity index (χ2v) is 8.74. The summed E-state index contributed by atoms with van der Waals surface area (Å²) in [6.45, 7) is 10.5. The number of benzene rings is 1. The molecule has 3 aliphatic rings. The Morgan fingerprint density at radius 2 is 1.88 bits per heavy atom. The van der Waals surface area contributed by atoms with Gasteiger partial charge in [-0.15, -0.1) is 0 Å². The molecule has 1 aliphatic carbocycles. The van der Waals surface area contributed by atoms with Crippen molar-refractivity contribution < 1.29 is 9.53 Å². The van der Waals surface area contributed by atoms with Gasteiger partial charge in [0, 0.05) is 56.8 Å². The number of hydrogen-bond donors (Lipinski definition) is 0. The third-order valence-electron chi connectivity index (χ3n) is 6.14. The van der Waals surface area contributed by atoms with Gasteiger partial charge in [0.15, 0.2) is 0 Å². The second-order valence-electron chi connectivity index (χ2n) is 8.74. The van der Waals surface area contributed by atoms with Crippen LogP contribution in [0.4, 0.5) is 0 Å². The summed E-state index contributed by atoms with van der Waals surface area (Å²) in [6.07, 6.45) is 2.19. The Balaban J connectivity index is 1.44. The highest BCUT2D eigenvalue weighted by atomic mass is 16.5. The Morgan fingerprint density at radius 1 is 1.15 bits per heavy atom. The summed E-state index contributed by atoms with van der Waals surface area (Å²) in [7, 11) is 1.70. The monoisotopic (exact) mass is 357 g/mol. The molecule has 26 heavy (non-hydrogen) atoms. The van der Waals surface area contributed by atoms with E-state index in [4.69, 9.17) is 4.74 Å². The van der Waals surface area contributed by atoms with Crippen molar-refractivity contribution in [2.45, 2.75) is 44.8 Å². The lowest BCUT2D eigenvalue weighted by atomic mass is 9.92. The van der Waals surface area contributed by atoms with Crippen molar-refractivity contribution in [2.75, 3.05) is 39.8 Å². The largest absolute Gasteiger partial charge is 0.497 e. The van der Waals surface area contributed by atoms with Gasteiger partial charge in [-0.25, -0.2) is 0 Å². The number of carbonyl (C=O) groups excluding carboxylic acids is 1. The Bertz CT molecular complexity index is 654. The van der Waals surface area contributed by atoms with E-state index < -0.39 is 0 Å². The zero-order valence-electron chi connectivity index (χ0n) is 16.3. The summed E-state index contributed by atoms with van der Waals surface area (Å²) in [5, 5.41) is 0. The highest BCUT2D eigenvalue weighted by Crippen LogP contribution is 2.34. The summed E-state index contributed by atoms with van der Waals surface area (Å²) < 4.78 is 5.26. The van der Waals surface area contributed by atoms with Crippen LogP contribution < -0.4 is 4.74 Å². The highest BCUT2D eigenvalue weighted by Gasteiger charge is 2.44. The van der Waals surface area contributed by atoms with Crippen molar-refractivity contribution in [3.8, 4) is 5.75 Å². The van der Waals surface area contributed by atoms with Crippen LogP contribution in [0.5, 0.6) is 5.75 Å². The van der Waals surface area contributed by atoms with Gasteiger partial charge >= 0.3 is 0 Å². The summed E-state index contributed by atoms with van der Waals surface area (Å²) in [5.41, 5.74) is 1.46. The number of ether oxygens (including phenoxy) is 1. The number of carbonyl (C=O) groups is 1. The Morgan fingerprint density at radius 3 is 2.54 bits per heavy atom. The number of nitrogens with zero attached hydrogens (tertiary/aromatic N) is 3. The topological polar surface area (TPSA) is 36.0 Å². The number of rotatable bonds is 4. The first-order valence-electron chi connectivity index (χ1n) is 9.87. The van der Waals surface area contributed by atoms with Crippen LogP contribution in [0.1, 0.15) is 32.3 Å². The molecule has 142 valence electrons. The lowest BCUT2D eigenvalue weighted by Crippen LogP contribution is -2.70. The average Bonchev–Trinajstić information content (AvgIpc) is 3.46. The van der Waals surface area contributed by atoms with E-state index in [9.17, 15) is 4.79 Å². The minimum absolute atomic E-state index is 0.143. The van der Waals surface area contributed by atoms with Crippen LogP contribution in [0.2, 0.25) is 0 Å². The number of fused-ring (bicyclic) bond motifs is 1. The minimum Gasteiger partial charge on any atom is -0.497 e. The Kier molecular flexibility index (Phi) is 4.70. The first-order chi connectivity index (χ1) is 12.5. The first kappa shape index (κ1) is 17.8. The number of piperazine rings is 2. The molecular weight excluding hydrogens is 326 g/mol. The van der Waals surface area contributed by atoms with Crippen molar-refractivity contribution in [3.05, 3.63) is 29.8 Å². The number of hydrogen-bond acceptors (Lipinski definition) is 4. The minimum atomic E-state index is 0.143. The highest BCUT2D eigenvalue weighted by molar-refractivity contribution is 5.81. The summed E-state index contributed by atoms with van der Waals surface area (Å²) in [5.74, 6) is 1.63. The fourth-order valence-corrected chi connectivity index (χ4v) is 4.71. The maximum absolute atomic E-state index is 12.5. The Labute approximate surface area is 156 Å². The van der Waals surface area contributed by atoms with E-state index >= 15 is 0 Å². The number of amides is 1. The molecule has 0 aromatic heterocycles. The standard InChI is InChI=1S/C21H31N3O2/c1-21(2)15-22(12-16-4-8-19(26-3)9-5-16)13-18-14-23(10-11-24(18)21)20(25)17-6-7-17/h4-5,8-9,17-18H,6-7,10-15H2,1-3H3. The average molecular weight is 357 g/mol. The van der Waals surface area contributed by atoms with Gasteiger partial charge in [0.25, 0.3) is 0 Å². The molecule has 3 fully saturated rings. The maximum atomic E-state index is 12.5. The van der Waals surface area contributed by atoms with E-state index in [1.54, 1.807) is 7.11 Å². The smallest absolute Gasteiger partial charge is 0.225 e. The molecule has 1 saturated carbocycles. The van der Waals surface area contributed by atoms with Gasteiger partial charge in [0.2, 0.25) is 5.91 Å². The lowest BCUT2D eigenvalue weighted by molar-refractivity contribution is -0.140. The van der Waals surface area contributed by atoms with Gasteiger partial charge in [0.05, 0.1) is 7.11 Å². The van der Waals surface area contributed by atoms with Crippen molar-refractivity contribution in [3.63, 3.8) is 0 Å². The SMILES string of the molecule is COc1ccc(CN2CC3CN(C(=O)C4CC4)CCN3C(C)(C)C2)cc1. The van der Waals surface area contributed by atoms with E-state index in [-0.39, 0.29) is 5.54 Å². The van der Waals surface area contributed by atoms with E-state index in [0.29, 0.717) is 17.9 Å². The molecule has 4 rings (SSSR count). The summed E-state index contributed by atoms with van der Waals surface area (Å²) in [4.78, 5) is 19.8. The molecule has 1 aromatic carbocycles. The third kappa shape index (κ3) is 3.60. The maximum Gasteiger partial charge on any atom is 0.225 e. The Hall–Kier alpha value is -1.59. The van der Waals surface area contributed by atoms with E-state index in [0.717, 1.165) is 57.9 Å². The third-order valence-corrected chi connectivity index (χ3v) is 6.14. The molecule has 5 heteroatoms. The van der Waals surface area contributed by atoms with Crippen LogP contribution in [0.3, 0.4) is 0 Å². The van der Waals surface area contributed by atoms with Crippen molar-refractivity contribution >= 4 is 5.91 Å². The van der Waals surface area contributed by atoms with Gasteiger partial charge in [-0.3, -0.25) is 14.6 Å². The van der Waals surface area contributed by atoms with Crippen LogP contribution in [-0.2, 0) is 11.3 Å². The van der Waals surface area contributed by atoms with Crippen LogP contribution in [0.25, 0.3) is 0 Å². The second kappa shape index (κ2) is 6.86. The molecule has 1 amide bonds. The predicted molar refractivity (Wildman–Crippen MR) is 102 cm³/mol. The van der Waals surface area contributed by atoms with Crippen molar-refractivity contribution in [2.24, 2.45) is 5.92 Å². The van der Waals surface area contributed by atoms with Crippen LogP contribution >= 0.6 is 0 Å². The van der Waals surface area contributed by atoms with Crippen molar-refractivity contribution in [1.82, 2.24) is 14.7 Å².